The molecule has 0 aliphatic carbocycles. The third-order valence-corrected chi connectivity index (χ3v) is 11.8. The van der Waals surface area contributed by atoms with Gasteiger partial charge in [0.15, 0.2) is 11.5 Å². The van der Waals surface area contributed by atoms with Crippen LogP contribution in [0.4, 0.5) is 34.1 Å². The minimum absolute atomic E-state index is 0. The SMILES string of the molecule is Nc1ccc2cc(S(=O)(=O)O)c(N=Nc3ccc(/C=C/c4ccc(N=Nc5c(S(=O)(=O)O)cc6ccc(N)cc6c5O)cc4S(=O)(=O)O)c(S(=O)(=O)O)c3)c(O)c2c1.[Li+].[Li+].[Li+].[Li+]. The summed E-state index contributed by atoms with van der Waals surface area (Å²) in [7, 11) is -20.1. The van der Waals surface area contributed by atoms with E-state index >= 15 is 0 Å². The summed E-state index contributed by atoms with van der Waals surface area (Å²) < 4.78 is 138. The van der Waals surface area contributed by atoms with Gasteiger partial charge in [0.25, 0.3) is 40.5 Å². The van der Waals surface area contributed by atoms with Crippen molar-refractivity contribution in [1.29, 1.82) is 0 Å². The maximum atomic E-state index is 12.4. The molecule has 0 spiro atoms. The van der Waals surface area contributed by atoms with E-state index in [1.54, 1.807) is 0 Å². The fourth-order valence-electron chi connectivity index (χ4n) is 5.59. The van der Waals surface area contributed by atoms with Gasteiger partial charge in [0.1, 0.15) is 31.0 Å². The Morgan fingerprint density at radius 3 is 1.05 bits per heavy atom. The number of nitrogens with two attached hydrogens (primary N) is 2. The van der Waals surface area contributed by atoms with Crippen LogP contribution in [-0.4, -0.2) is 62.1 Å². The molecule has 62 heavy (non-hydrogen) atoms. The summed E-state index contributed by atoms with van der Waals surface area (Å²) in [4.78, 5) is -3.31. The van der Waals surface area contributed by atoms with Gasteiger partial charge in [-0.05, 0) is 82.6 Å². The van der Waals surface area contributed by atoms with Crippen LogP contribution in [0.2, 0.25) is 0 Å². The van der Waals surface area contributed by atoms with Crippen LogP contribution in [0.25, 0.3) is 33.7 Å². The molecule has 0 amide bonds. The van der Waals surface area contributed by atoms with Crippen molar-refractivity contribution in [2.45, 2.75) is 19.6 Å². The Morgan fingerprint density at radius 2 is 0.742 bits per heavy atom. The number of phenols is 2. The van der Waals surface area contributed by atoms with Crippen molar-refractivity contribution in [2.75, 3.05) is 11.5 Å². The van der Waals surface area contributed by atoms with Crippen molar-refractivity contribution in [1.82, 2.24) is 0 Å². The van der Waals surface area contributed by atoms with Crippen molar-refractivity contribution in [3.05, 3.63) is 96.1 Å². The van der Waals surface area contributed by atoms with Crippen molar-refractivity contribution in [2.24, 2.45) is 20.5 Å². The third kappa shape index (κ3) is 12.0. The zero-order valence-corrected chi connectivity index (χ0v) is 36.0. The van der Waals surface area contributed by atoms with E-state index in [0.717, 1.165) is 60.7 Å². The first-order valence-corrected chi connectivity index (χ1v) is 21.5. The molecule has 0 aliphatic rings. The molecule has 0 bridgehead atoms. The van der Waals surface area contributed by atoms with E-state index in [-0.39, 0.29) is 131 Å². The van der Waals surface area contributed by atoms with E-state index in [1.807, 2.05) is 0 Å². The molecule has 300 valence electrons. The number of phenolic OH excluding ortho intramolecular Hbond substituents is 2. The Kier molecular flexibility index (Phi) is 17.7. The molecule has 20 nitrogen and oxygen atoms in total. The van der Waals surface area contributed by atoms with Gasteiger partial charge in [-0.15, -0.1) is 10.2 Å². The molecule has 0 aromatic heterocycles. The van der Waals surface area contributed by atoms with Gasteiger partial charge in [-0.3, -0.25) is 18.2 Å². The Balaban J connectivity index is 0.00000331. The van der Waals surface area contributed by atoms with E-state index in [0.29, 0.717) is 0 Å². The second-order valence-electron chi connectivity index (χ2n) is 12.2. The number of fused-ring (bicyclic) bond motifs is 2. The fourth-order valence-corrected chi connectivity index (χ4v) is 8.31. The molecule has 0 saturated heterocycles. The molecular weight excluding hydrogens is 872 g/mol. The number of benzene rings is 6. The first-order chi connectivity index (χ1) is 26.9. The van der Waals surface area contributed by atoms with Crippen LogP contribution in [0.15, 0.2) is 125 Å². The molecule has 0 heterocycles. The van der Waals surface area contributed by atoms with E-state index in [1.165, 1.54) is 36.4 Å². The third-order valence-electron chi connectivity index (χ3n) is 8.23. The average molecular weight is 899 g/mol. The maximum absolute atomic E-state index is 12.4. The van der Waals surface area contributed by atoms with Crippen LogP contribution in [0, 0.1) is 0 Å². The normalized spacial score (nSPS) is 12.3. The molecule has 28 heteroatoms. The number of rotatable bonds is 10. The second-order valence-corrected chi connectivity index (χ2v) is 17.7. The molecule has 6 aromatic rings. The van der Waals surface area contributed by atoms with Gasteiger partial charge in [0.05, 0.1) is 11.4 Å². The summed E-state index contributed by atoms with van der Waals surface area (Å²) in [5.41, 5.74) is 9.31. The quantitative estimate of drug-likeness (QED) is 0.0209. The van der Waals surface area contributed by atoms with Crippen LogP contribution < -0.4 is 86.9 Å². The van der Waals surface area contributed by atoms with Crippen LogP contribution >= 0.6 is 0 Å². The zero-order chi connectivity index (χ0) is 42.5. The minimum atomic E-state index is -5.06. The summed E-state index contributed by atoms with van der Waals surface area (Å²) in [5, 5.41) is 37.1. The zero-order valence-electron chi connectivity index (χ0n) is 32.8. The molecule has 0 saturated carbocycles. The number of nitrogens with zero attached hydrogens (tertiary/aromatic N) is 4. The number of nitrogen functional groups attached to an aromatic ring is 2. The number of azo groups is 2. The molecule has 0 fully saturated rings. The van der Waals surface area contributed by atoms with Gasteiger partial charge in [-0.2, -0.15) is 43.9 Å². The Hall–Kier alpha value is -3.99. The Morgan fingerprint density at radius 1 is 0.419 bits per heavy atom. The molecule has 0 atom stereocenters. The van der Waals surface area contributed by atoms with Crippen molar-refractivity contribution >= 4 is 108 Å². The smallest absolute Gasteiger partial charge is 0.505 e. The van der Waals surface area contributed by atoms with Crippen LogP contribution in [0.3, 0.4) is 0 Å². The molecule has 6 rings (SSSR count). The largest absolute Gasteiger partial charge is 1.00 e. The maximum Gasteiger partial charge on any atom is 1.00 e. The van der Waals surface area contributed by atoms with E-state index in [4.69, 9.17) is 11.5 Å². The summed E-state index contributed by atoms with van der Waals surface area (Å²) >= 11 is 0. The number of hydrogen-bond donors (Lipinski definition) is 8. The first-order valence-electron chi connectivity index (χ1n) is 15.7. The van der Waals surface area contributed by atoms with Gasteiger partial charge >= 0.3 is 75.4 Å². The van der Waals surface area contributed by atoms with Gasteiger partial charge in [-0.1, -0.05) is 36.4 Å². The predicted molar refractivity (Wildman–Crippen MR) is 209 cm³/mol. The first kappa shape index (κ1) is 54.1. The molecule has 6 aromatic carbocycles. The van der Waals surface area contributed by atoms with Gasteiger partial charge in [-0.25, -0.2) is 0 Å². The van der Waals surface area contributed by atoms with Gasteiger partial charge in [0.2, 0.25) is 0 Å². The summed E-state index contributed by atoms with van der Waals surface area (Å²) in [6.45, 7) is 0. The van der Waals surface area contributed by atoms with Crippen molar-refractivity contribution in [3.63, 3.8) is 0 Å². The molecular formula is C34H26Li4N6O14S4+4. The van der Waals surface area contributed by atoms with Crippen LogP contribution in [0.1, 0.15) is 11.1 Å². The molecule has 10 N–H and O–H groups in total. The summed E-state index contributed by atoms with van der Waals surface area (Å²) in [5.74, 6) is -1.48. The van der Waals surface area contributed by atoms with E-state index < -0.39 is 82.9 Å². The standard InChI is InChI=1S/C34H26N6O14S4.4Li/c35-21-7-3-19-11-29(57(49,50)51)31(33(41)25(19)13-21)39-37-23-9-5-17(27(15-23)55(43,44)45)1-2-18-6-10-24(16-28(18)56(46,47)48)38-40-32-30(58(52,53)54)12-20-4-8-22(36)14-26(20)34(32)42;;;;/h1-16,41-42H,35-36H2,(H,43,44,45)(H,46,47,48)(H,49,50,51)(H,52,53,54);;;;/q;4*+1/b2-1+,39-37?,40-38?;;;;. The van der Waals surface area contributed by atoms with Gasteiger partial charge < -0.3 is 21.7 Å². The van der Waals surface area contributed by atoms with E-state index in [2.05, 4.69) is 20.5 Å². The van der Waals surface area contributed by atoms with Crippen LogP contribution in [-0.2, 0) is 40.5 Å². The number of hydrogen-bond acceptors (Lipinski definition) is 16. The van der Waals surface area contributed by atoms with E-state index in [9.17, 15) is 62.1 Å². The monoisotopic (exact) mass is 898 g/mol. The summed E-state index contributed by atoms with van der Waals surface area (Å²) in [6.07, 6.45) is 2.06. The minimum Gasteiger partial charge on any atom is -0.505 e. The molecule has 0 aliphatic heterocycles. The number of anilines is 2. The van der Waals surface area contributed by atoms with Gasteiger partial charge in [0, 0.05) is 22.1 Å². The Bertz CT molecular complexity index is 3080. The Labute approximate surface area is 401 Å². The second kappa shape index (κ2) is 20.2. The van der Waals surface area contributed by atoms with Crippen LogP contribution in [0.5, 0.6) is 11.5 Å². The fraction of sp³-hybridized carbons (Fsp3) is 0. The topological polar surface area (TPSA) is 359 Å². The number of aromatic hydroxyl groups is 2. The molecule has 0 unspecified atom stereocenters. The van der Waals surface area contributed by atoms with Crippen molar-refractivity contribution in [3.8, 4) is 11.5 Å². The van der Waals surface area contributed by atoms with Crippen molar-refractivity contribution < 1.29 is 138 Å². The average Bonchev–Trinajstić information content (AvgIpc) is 3.12. The molecule has 0 radical (unpaired) electrons. The summed E-state index contributed by atoms with van der Waals surface area (Å²) in [6, 6.07) is 16.3. The predicted octanol–water partition coefficient (Wildman–Crippen LogP) is -5.43.